The van der Waals surface area contributed by atoms with E-state index in [9.17, 15) is 9.59 Å². The van der Waals surface area contributed by atoms with Gasteiger partial charge in [-0.25, -0.2) is 4.79 Å². The molecule has 1 amide bonds. The van der Waals surface area contributed by atoms with Gasteiger partial charge in [0.05, 0.1) is 0 Å². The van der Waals surface area contributed by atoms with Gasteiger partial charge in [-0.15, -0.1) is 0 Å². The van der Waals surface area contributed by atoms with Crippen LogP contribution in [0.25, 0.3) is 0 Å². The Morgan fingerprint density at radius 3 is 2.67 bits per heavy atom. The maximum Gasteiger partial charge on any atom is 0.326 e. The molecule has 0 spiro atoms. The van der Waals surface area contributed by atoms with E-state index >= 15 is 0 Å². The van der Waals surface area contributed by atoms with Crippen LogP contribution in [-0.2, 0) is 9.59 Å². The maximum atomic E-state index is 10.4. The molecule has 4 N–H and O–H groups in total. The third-order valence-corrected chi connectivity index (χ3v) is 1.51. The van der Waals surface area contributed by atoms with E-state index in [0.717, 1.165) is 6.42 Å². The third-order valence-electron chi connectivity index (χ3n) is 1.51. The minimum Gasteiger partial charge on any atom is -0.480 e. The van der Waals surface area contributed by atoms with Gasteiger partial charge in [-0.05, 0) is 25.8 Å². The molecular formula is C7H14N2O3. The molecule has 0 saturated carbocycles. The Balaban J connectivity index is 3.63. The second-order valence-corrected chi connectivity index (χ2v) is 2.46. The van der Waals surface area contributed by atoms with Crippen LogP contribution in [0.2, 0.25) is 0 Å². The Morgan fingerprint density at radius 1 is 1.58 bits per heavy atom. The van der Waals surface area contributed by atoms with E-state index in [0.29, 0.717) is 25.8 Å². The molecule has 1 atom stereocenters. The van der Waals surface area contributed by atoms with Crippen molar-refractivity contribution < 1.29 is 14.7 Å². The number of carbonyl (C=O) groups excluding carboxylic acids is 1. The van der Waals surface area contributed by atoms with Gasteiger partial charge < -0.3 is 16.2 Å². The van der Waals surface area contributed by atoms with Crippen molar-refractivity contribution in [3.8, 4) is 0 Å². The Hall–Kier alpha value is -1.10. The number of carboxylic acids is 1. The van der Waals surface area contributed by atoms with Crippen LogP contribution in [0.4, 0.5) is 0 Å². The highest BCUT2D eigenvalue weighted by Crippen LogP contribution is 1.99. The topological polar surface area (TPSA) is 92.4 Å². The number of rotatable bonds is 7. The average molecular weight is 174 g/mol. The first-order valence-corrected chi connectivity index (χ1v) is 3.85. The summed E-state index contributed by atoms with van der Waals surface area (Å²) in [6.45, 7) is 0.549. The number of nitrogens with two attached hydrogens (primary N) is 1. The molecule has 0 aliphatic heterocycles. The summed E-state index contributed by atoms with van der Waals surface area (Å²) in [7, 11) is 0. The zero-order chi connectivity index (χ0) is 9.40. The highest BCUT2D eigenvalue weighted by atomic mass is 16.4. The fourth-order valence-electron chi connectivity index (χ4n) is 0.853. The molecular weight excluding hydrogens is 160 g/mol. The first-order valence-electron chi connectivity index (χ1n) is 3.85. The monoisotopic (exact) mass is 174 g/mol. The lowest BCUT2D eigenvalue weighted by atomic mass is 10.1. The van der Waals surface area contributed by atoms with Gasteiger partial charge >= 0.3 is 5.97 Å². The molecule has 0 fully saturated rings. The van der Waals surface area contributed by atoms with Gasteiger partial charge in [0.25, 0.3) is 0 Å². The highest BCUT2D eigenvalue weighted by molar-refractivity contribution is 5.76. The predicted molar refractivity (Wildman–Crippen MR) is 43.5 cm³/mol. The summed E-state index contributed by atoms with van der Waals surface area (Å²) in [5.74, 6) is -1.00. The fourth-order valence-corrected chi connectivity index (χ4v) is 0.853. The van der Waals surface area contributed by atoms with E-state index in [1.807, 2.05) is 0 Å². The van der Waals surface area contributed by atoms with Gasteiger partial charge in [-0.3, -0.25) is 4.79 Å². The van der Waals surface area contributed by atoms with Crippen molar-refractivity contribution in [1.82, 2.24) is 5.32 Å². The van der Waals surface area contributed by atoms with Gasteiger partial charge in [0.1, 0.15) is 6.04 Å². The second kappa shape index (κ2) is 6.60. The number of aliphatic carboxylic acids is 1. The number of unbranched alkanes of at least 4 members (excludes halogenated alkanes) is 1. The summed E-state index contributed by atoms with van der Waals surface area (Å²) >= 11 is 0. The number of hydrogen-bond acceptors (Lipinski definition) is 3. The predicted octanol–water partition coefficient (Wildman–Crippen LogP) is -0.685. The summed E-state index contributed by atoms with van der Waals surface area (Å²) in [5, 5.41) is 10.8. The molecule has 0 unspecified atom stereocenters. The van der Waals surface area contributed by atoms with Crippen molar-refractivity contribution in [2.75, 3.05) is 6.54 Å². The van der Waals surface area contributed by atoms with E-state index in [-0.39, 0.29) is 0 Å². The Bertz CT molecular complexity index is 150. The van der Waals surface area contributed by atoms with Gasteiger partial charge in [-0.2, -0.15) is 0 Å². The minimum atomic E-state index is -1.00. The lowest BCUT2D eigenvalue weighted by molar-refractivity contribution is -0.140. The van der Waals surface area contributed by atoms with E-state index in [1.165, 1.54) is 0 Å². The number of carbonyl (C=O) groups is 2. The lowest BCUT2D eigenvalue weighted by Crippen LogP contribution is -2.35. The minimum absolute atomic E-state index is 0.404. The van der Waals surface area contributed by atoms with Crippen LogP contribution in [0.1, 0.15) is 19.3 Å². The standard InChI is InChI=1S/C7H14N2O3/c8-4-2-1-3-6(7(11)12)9-5-10/h5-6H,1-4,8H2,(H,9,10)(H,11,12)/t6-/m0/s1. The first kappa shape index (κ1) is 10.9. The summed E-state index contributed by atoms with van der Waals surface area (Å²) in [5.41, 5.74) is 5.23. The SMILES string of the molecule is NCCCC[C@H](NC=O)C(=O)O. The number of nitrogens with one attached hydrogen (secondary N) is 1. The van der Waals surface area contributed by atoms with Crippen molar-refractivity contribution in [3.63, 3.8) is 0 Å². The zero-order valence-corrected chi connectivity index (χ0v) is 6.82. The maximum absolute atomic E-state index is 10.4. The largest absolute Gasteiger partial charge is 0.480 e. The van der Waals surface area contributed by atoms with Crippen LogP contribution < -0.4 is 11.1 Å². The molecule has 0 saturated heterocycles. The number of hydrogen-bond donors (Lipinski definition) is 3. The van der Waals surface area contributed by atoms with Crippen molar-refractivity contribution in [3.05, 3.63) is 0 Å². The third kappa shape index (κ3) is 4.68. The normalized spacial score (nSPS) is 12.1. The van der Waals surface area contributed by atoms with Crippen molar-refractivity contribution in [1.29, 1.82) is 0 Å². The number of carboxylic acid groups (broad SMARTS) is 1. The van der Waals surface area contributed by atoms with E-state index in [2.05, 4.69) is 5.32 Å². The quantitative estimate of drug-likeness (QED) is 0.352. The molecule has 0 aromatic rings. The van der Waals surface area contributed by atoms with E-state index < -0.39 is 12.0 Å². The van der Waals surface area contributed by atoms with Gasteiger partial charge in [-0.1, -0.05) is 0 Å². The molecule has 0 aromatic heterocycles. The molecule has 5 heteroatoms. The smallest absolute Gasteiger partial charge is 0.326 e. The van der Waals surface area contributed by atoms with Crippen LogP contribution in [-0.4, -0.2) is 30.1 Å². The van der Waals surface area contributed by atoms with Crippen LogP contribution in [0.5, 0.6) is 0 Å². The molecule has 0 heterocycles. The molecule has 0 aliphatic carbocycles. The average Bonchev–Trinajstić information content (AvgIpc) is 2.03. The van der Waals surface area contributed by atoms with Gasteiger partial charge in [0, 0.05) is 0 Å². The van der Waals surface area contributed by atoms with Crippen LogP contribution in [0.3, 0.4) is 0 Å². The Morgan fingerprint density at radius 2 is 2.25 bits per heavy atom. The first-order chi connectivity index (χ1) is 5.72. The zero-order valence-electron chi connectivity index (χ0n) is 6.82. The lowest BCUT2D eigenvalue weighted by Gasteiger charge is -2.09. The van der Waals surface area contributed by atoms with Gasteiger partial charge in [0.15, 0.2) is 0 Å². The molecule has 5 nitrogen and oxygen atoms in total. The van der Waals surface area contributed by atoms with Crippen LogP contribution in [0, 0.1) is 0 Å². The highest BCUT2D eigenvalue weighted by Gasteiger charge is 2.14. The number of amides is 1. The molecule has 0 radical (unpaired) electrons. The fraction of sp³-hybridized carbons (Fsp3) is 0.714. The summed E-state index contributed by atoms with van der Waals surface area (Å²) in [6.07, 6.45) is 2.34. The van der Waals surface area contributed by atoms with Crippen molar-refractivity contribution in [2.24, 2.45) is 5.73 Å². The van der Waals surface area contributed by atoms with Crippen LogP contribution in [0.15, 0.2) is 0 Å². The summed E-state index contributed by atoms with van der Waals surface area (Å²) < 4.78 is 0. The van der Waals surface area contributed by atoms with Crippen molar-refractivity contribution in [2.45, 2.75) is 25.3 Å². The summed E-state index contributed by atoms with van der Waals surface area (Å²) in [4.78, 5) is 20.4. The van der Waals surface area contributed by atoms with Gasteiger partial charge in [0.2, 0.25) is 6.41 Å². The molecule has 0 aliphatic rings. The van der Waals surface area contributed by atoms with Crippen LogP contribution >= 0.6 is 0 Å². The molecule has 70 valence electrons. The molecule has 12 heavy (non-hydrogen) atoms. The molecule has 0 bridgehead atoms. The second-order valence-electron chi connectivity index (χ2n) is 2.46. The van der Waals surface area contributed by atoms with Crippen molar-refractivity contribution >= 4 is 12.4 Å². The summed E-state index contributed by atoms with van der Waals surface area (Å²) in [6, 6.07) is -0.769. The Kier molecular flexibility index (Phi) is 6.00. The molecule has 0 aromatic carbocycles. The molecule has 0 rings (SSSR count). The Labute approximate surface area is 70.9 Å². The van der Waals surface area contributed by atoms with E-state index in [1.54, 1.807) is 0 Å². The van der Waals surface area contributed by atoms with E-state index in [4.69, 9.17) is 10.8 Å².